The van der Waals surface area contributed by atoms with Gasteiger partial charge < -0.3 is 9.30 Å². The van der Waals surface area contributed by atoms with Crippen LogP contribution < -0.4 is 0 Å². The summed E-state index contributed by atoms with van der Waals surface area (Å²) in [6.45, 7) is 6.28. The number of esters is 1. The number of aromatic nitrogens is 1. The molecular formula is C16H19NO2. The van der Waals surface area contributed by atoms with Crippen molar-refractivity contribution in [2.24, 2.45) is 0 Å². The standard InChI is InChI=1S/C16H19NO2/c1-16(2,3)19-15(18)14-10-7-11-17(14)12-13-8-5-4-6-9-13/h4-11H,12H2,1-3H3. The van der Waals surface area contributed by atoms with Gasteiger partial charge in [-0.2, -0.15) is 0 Å². The fraction of sp³-hybridized carbons (Fsp3) is 0.312. The quantitative estimate of drug-likeness (QED) is 0.788. The Morgan fingerprint density at radius 1 is 1.11 bits per heavy atom. The van der Waals surface area contributed by atoms with E-state index in [4.69, 9.17) is 4.74 Å². The first-order valence-electron chi connectivity index (χ1n) is 6.38. The van der Waals surface area contributed by atoms with Gasteiger partial charge in [-0.15, -0.1) is 0 Å². The second-order valence-corrected chi connectivity index (χ2v) is 5.51. The van der Waals surface area contributed by atoms with Gasteiger partial charge in [0.15, 0.2) is 0 Å². The molecule has 0 aliphatic heterocycles. The first-order valence-corrected chi connectivity index (χ1v) is 6.38. The van der Waals surface area contributed by atoms with Gasteiger partial charge in [0, 0.05) is 12.7 Å². The van der Waals surface area contributed by atoms with Crippen LogP contribution in [-0.4, -0.2) is 16.1 Å². The summed E-state index contributed by atoms with van der Waals surface area (Å²) in [5.74, 6) is -0.284. The monoisotopic (exact) mass is 257 g/mol. The van der Waals surface area contributed by atoms with Gasteiger partial charge in [-0.25, -0.2) is 4.79 Å². The van der Waals surface area contributed by atoms with Crippen LogP contribution >= 0.6 is 0 Å². The molecule has 1 aromatic carbocycles. The minimum Gasteiger partial charge on any atom is -0.455 e. The molecule has 0 saturated carbocycles. The Morgan fingerprint density at radius 2 is 1.79 bits per heavy atom. The molecule has 0 bridgehead atoms. The molecular weight excluding hydrogens is 238 g/mol. The second kappa shape index (κ2) is 5.31. The normalized spacial score (nSPS) is 11.3. The Bertz CT molecular complexity index is 550. The molecule has 0 unspecified atom stereocenters. The van der Waals surface area contributed by atoms with Crippen LogP contribution in [0.2, 0.25) is 0 Å². The highest BCUT2D eigenvalue weighted by Gasteiger charge is 2.20. The Labute approximate surface area is 113 Å². The van der Waals surface area contributed by atoms with Crippen LogP contribution in [0.3, 0.4) is 0 Å². The van der Waals surface area contributed by atoms with E-state index in [1.54, 1.807) is 6.07 Å². The zero-order valence-electron chi connectivity index (χ0n) is 11.6. The predicted molar refractivity (Wildman–Crippen MR) is 75.1 cm³/mol. The molecule has 0 radical (unpaired) electrons. The smallest absolute Gasteiger partial charge is 0.355 e. The van der Waals surface area contributed by atoms with Crippen molar-refractivity contribution in [1.29, 1.82) is 0 Å². The zero-order chi connectivity index (χ0) is 13.9. The Morgan fingerprint density at radius 3 is 2.42 bits per heavy atom. The number of benzene rings is 1. The van der Waals surface area contributed by atoms with Gasteiger partial charge in [0.2, 0.25) is 0 Å². The molecule has 2 aromatic rings. The summed E-state index contributed by atoms with van der Waals surface area (Å²) in [6.07, 6.45) is 1.90. The van der Waals surface area contributed by atoms with Crippen molar-refractivity contribution in [3.05, 3.63) is 59.9 Å². The molecule has 3 nitrogen and oxygen atoms in total. The maximum Gasteiger partial charge on any atom is 0.355 e. The summed E-state index contributed by atoms with van der Waals surface area (Å²) in [7, 11) is 0. The molecule has 19 heavy (non-hydrogen) atoms. The highest BCUT2D eigenvalue weighted by atomic mass is 16.6. The van der Waals surface area contributed by atoms with Crippen molar-refractivity contribution >= 4 is 5.97 Å². The SMILES string of the molecule is CC(C)(C)OC(=O)c1cccn1Cc1ccccc1. The van der Waals surface area contributed by atoms with Gasteiger partial charge in [0.25, 0.3) is 0 Å². The molecule has 0 N–H and O–H groups in total. The van der Waals surface area contributed by atoms with E-state index in [1.165, 1.54) is 0 Å². The van der Waals surface area contributed by atoms with Crippen molar-refractivity contribution in [2.45, 2.75) is 32.9 Å². The number of hydrogen-bond donors (Lipinski definition) is 0. The lowest BCUT2D eigenvalue weighted by molar-refractivity contribution is 0.00583. The number of rotatable bonds is 3. The van der Waals surface area contributed by atoms with Crippen LogP contribution in [0.4, 0.5) is 0 Å². The van der Waals surface area contributed by atoms with Crippen LogP contribution in [0.15, 0.2) is 48.7 Å². The van der Waals surface area contributed by atoms with Gasteiger partial charge in [-0.1, -0.05) is 30.3 Å². The number of nitrogens with zero attached hydrogens (tertiary/aromatic N) is 1. The van der Waals surface area contributed by atoms with E-state index in [9.17, 15) is 4.79 Å². The minimum atomic E-state index is -0.473. The number of hydrogen-bond acceptors (Lipinski definition) is 2. The highest BCUT2D eigenvalue weighted by molar-refractivity contribution is 5.88. The average Bonchev–Trinajstić information content (AvgIpc) is 2.76. The Hall–Kier alpha value is -2.03. The van der Waals surface area contributed by atoms with Crippen molar-refractivity contribution < 1.29 is 9.53 Å². The average molecular weight is 257 g/mol. The van der Waals surface area contributed by atoms with Crippen molar-refractivity contribution in [3.8, 4) is 0 Å². The largest absolute Gasteiger partial charge is 0.455 e. The van der Waals surface area contributed by atoms with Crippen LogP contribution in [0.25, 0.3) is 0 Å². The molecule has 0 atom stereocenters. The summed E-state index contributed by atoms with van der Waals surface area (Å²) < 4.78 is 7.31. The summed E-state index contributed by atoms with van der Waals surface area (Å²) in [5.41, 5.74) is 1.26. The highest BCUT2D eigenvalue weighted by Crippen LogP contribution is 2.14. The van der Waals surface area contributed by atoms with Crippen LogP contribution in [-0.2, 0) is 11.3 Å². The van der Waals surface area contributed by atoms with E-state index in [1.807, 2.05) is 67.9 Å². The third-order valence-electron chi connectivity index (χ3n) is 2.63. The lowest BCUT2D eigenvalue weighted by atomic mass is 10.2. The van der Waals surface area contributed by atoms with Gasteiger partial charge in [0.05, 0.1) is 0 Å². The molecule has 3 heteroatoms. The molecule has 1 aromatic heterocycles. The third-order valence-corrected chi connectivity index (χ3v) is 2.63. The van der Waals surface area contributed by atoms with E-state index >= 15 is 0 Å². The topological polar surface area (TPSA) is 31.2 Å². The molecule has 0 saturated heterocycles. The van der Waals surface area contributed by atoms with E-state index in [0.29, 0.717) is 12.2 Å². The second-order valence-electron chi connectivity index (χ2n) is 5.51. The van der Waals surface area contributed by atoms with E-state index in [-0.39, 0.29) is 5.97 Å². The van der Waals surface area contributed by atoms with Crippen molar-refractivity contribution in [2.75, 3.05) is 0 Å². The number of ether oxygens (including phenoxy) is 1. The lowest BCUT2D eigenvalue weighted by Gasteiger charge is -2.20. The molecule has 100 valence electrons. The molecule has 0 fully saturated rings. The van der Waals surface area contributed by atoms with Gasteiger partial charge >= 0.3 is 5.97 Å². The molecule has 0 amide bonds. The lowest BCUT2D eigenvalue weighted by Crippen LogP contribution is -2.25. The Kier molecular flexibility index (Phi) is 3.74. The molecule has 0 aliphatic carbocycles. The zero-order valence-corrected chi connectivity index (χ0v) is 11.6. The first-order chi connectivity index (χ1) is 8.96. The molecule has 0 spiro atoms. The van der Waals surface area contributed by atoms with Crippen LogP contribution in [0.1, 0.15) is 36.8 Å². The molecule has 2 rings (SSSR count). The van der Waals surface area contributed by atoms with Crippen molar-refractivity contribution in [3.63, 3.8) is 0 Å². The fourth-order valence-electron chi connectivity index (χ4n) is 1.85. The molecule has 0 aliphatic rings. The summed E-state index contributed by atoms with van der Waals surface area (Å²) in [4.78, 5) is 12.1. The van der Waals surface area contributed by atoms with Crippen molar-refractivity contribution in [1.82, 2.24) is 4.57 Å². The van der Waals surface area contributed by atoms with Crippen LogP contribution in [0.5, 0.6) is 0 Å². The fourth-order valence-corrected chi connectivity index (χ4v) is 1.85. The maximum atomic E-state index is 12.1. The molecule has 1 heterocycles. The summed E-state index contributed by atoms with van der Waals surface area (Å²) >= 11 is 0. The predicted octanol–water partition coefficient (Wildman–Crippen LogP) is 3.49. The third kappa shape index (κ3) is 3.71. The van der Waals surface area contributed by atoms with E-state index in [2.05, 4.69) is 0 Å². The maximum absolute atomic E-state index is 12.1. The summed E-state index contributed by atoms with van der Waals surface area (Å²) in [5, 5.41) is 0. The van der Waals surface area contributed by atoms with E-state index < -0.39 is 5.60 Å². The van der Waals surface area contributed by atoms with Crippen LogP contribution in [0, 0.1) is 0 Å². The Balaban J connectivity index is 2.16. The van der Waals surface area contributed by atoms with E-state index in [0.717, 1.165) is 5.56 Å². The van der Waals surface area contributed by atoms with Gasteiger partial charge in [0.1, 0.15) is 11.3 Å². The van der Waals surface area contributed by atoms with Gasteiger partial charge in [-0.3, -0.25) is 0 Å². The number of carbonyl (C=O) groups is 1. The minimum absolute atomic E-state index is 0.284. The number of carbonyl (C=O) groups excluding carboxylic acids is 1. The summed E-state index contributed by atoms with van der Waals surface area (Å²) in [6, 6.07) is 13.7. The first kappa shape index (κ1) is 13.4. The van der Waals surface area contributed by atoms with Gasteiger partial charge in [-0.05, 0) is 38.5 Å².